The number of nitrogens with one attached hydrogen (secondary N) is 1. The zero-order valence-electron chi connectivity index (χ0n) is 10.6. The van der Waals surface area contributed by atoms with E-state index in [0.29, 0.717) is 12.2 Å². The number of nitrogens with zero attached hydrogens (tertiary/aromatic N) is 2. The molecule has 0 spiro atoms. The summed E-state index contributed by atoms with van der Waals surface area (Å²) in [4.78, 5) is 9.03. The van der Waals surface area contributed by atoms with Crippen LogP contribution < -0.4 is 10.1 Å². The van der Waals surface area contributed by atoms with Crippen molar-refractivity contribution in [2.75, 3.05) is 11.9 Å². The number of hydrogen-bond acceptors (Lipinski definition) is 5. The molecule has 2 heterocycles. The summed E-state index contributed by atoms with van der Waals surface area (Å²) >= 11 is 1.54. The fourth-order valence-corrected chi connectivity index (χ4v) is 2.12. The molecule has 20 heavy (non-hydrogen) atoms. The van der Waals surface area contributed by atoms with Crippen LogP contribution in [-0.2, 0) is 6.54 Å². The van der Waals surface area contributed by atoms with Crippen molar-refractivity contribution in [3.63, 3.8) is 0 Å². The van der Waals surface area contributed by atoms with Crippen LogP contribution in [0.5, 0.6) is 5.88 Å². The molecule has 1 N–H and O–H groups in total. The second kappa shape index (κ2) is 6.08. The topological polar surface area (TPSA) is 47.0 Å². The second-order valence-corrected chi connectivity index (χ2v) is 4.94. The standard InChI is InChI=1S/C12H12F3N3OS/c1-8-10(20-7-18-8)5-16-9-2-3-11(17-4-9)19-6-12(13,14)15/h2-4,7,16H,5-6H2,1H3. The quantitative estimate of drug-likeness (QED) is 0.919. The van der Waals surface area contributed by atoms with Gasteiger partial charge in [0.2, 0.25) is 5.88 Å². The minimum Gasteiger partial charge on any atom is -0.468 e. The fraction of sp³-hybridized carbons (Fsp3) is 0.333. The SMILES string of the molecule is Cc1ncsc1CNc1ccc(OCC(F)(F)F)nc1. The Bertz CT molecular complexity index is 554. The lowest BCUT2D eigenvalue weighted by Crippen LogP contribution is -2.19. The Hall–Kier alpha value is -1.83. The lowest BCUT2D eigenvalue weighted by Gasteiger charge is -2.09. The Morgan fingerprint density at radius 2 is 2.10 bits per heavy atom. The summed E-state index contributed by atoms with van der Waals surface area (Å²) < 4.78 is 40.4. The van der Waals surface area contributed by atoms with E-state index in [9.17, 15) is 13.2 Å². The predicted octanol–water partition coefficient (Wildman–Crippen LogP) is 3.40. The Morgan fingerprint density at radius 3 is 2.65 bits per heavy atom. The average Bonchev–Trinajstić information content (AvgIpc) is 2.80. The molecule has 0 aliphatic rings. The van der Waals surface area contributed by atoms with Gasteiger partial charge in [0.25, 0.3) is 0 Å². The van der Waals surface area contributed by atoms with Gasteiger partial charge in [0.1, 0.15) is 0 Å². The number of anilines is 1. The first-order valence-corrected chi connectivity index (χ1v) is 6.60. The Kier molecular flexibility index (Phi) is 4.43. The average molecular weight is 303 g/mol. The second-order valence-electron chi connectivity index (χ2n) is 4.00. The van der Waals surface area contributed by atoms with E-state index in [1.165, 1.54) is 23.6 Å². The highest BCUT2D eigenvalue weighted by Crippen LogP contribution is 2.19. The maximum Gasteiger partial charge on any atom is 0.422 e. The molecule has 0 aromatic carbocycles. The smallest absolute Gasteiger partial charge is 0.422 e. The number of aromatic nitrogens is 2. The molecule has 0 bridgehead atoms. The molecule has 4 nitrogen and oxygen atoms in total. The molecular formula is C12H12F3N3OS. The molecule has 2 rings (SSSR count). The van der Waals surface area contributed by atoms with Crippen LogP contribution >= 0.6 is 11.3 Å². The van der Waals surface area contributed by atoms with E-state index in [4.69, 9.17) is 0 Å². The van der Waals surface area contributed by atoms with Gasteiger partial charge in [-0.25, -0.2) is 9.97 Å². The van der Waals surface area contributed by atoms with Gasteiger partial charge in [-0.2, -0.15) is 13.2 Å². The molecule has 0 amide bonds. The van der Waals surface area contributed by atoms with Crippen molar-refractivity contribution < 1.29 is 17.9 Å². The number of rotatable bonds is 5. The monoisotopic (exact) mass is 303 g/mol. The van der Waals surface area contributed by atoms with Crippen molar-refractivity contribution >= 4 is 17.0 Å². The molecule has 0 unspecified atom stereocenters. The van der Waals surface area contributed by atoms with Crippen molar-refractivity contribution in [3.8, 4) is 5.88 Å². The maximum absolute atomic E-state index is 12.0. The number of thiazole rings is 1. The summed E-state index contributed by atoms with van der Waals surface area (Å²) in [5.41, 5.74) is 3.43. The highest BCUT2D eigenvalue weighted by molar-refractivity contribution is 7.09. The van der Waals surface area contributed by atoms with Crippen LogP contribution in [0.25, 0.3) is 0 Å². The van der Waals surface area contributed by atoms with Crippen LogP contribution in [0.3, 0.4) is 0 Å². The fourth-order valence-electron chi connectivity index (χ4n) is 1.40. The van der Waals surface area contributed by atoms with Gasteiger partial charge >= 0.3 is 6.18 Å². The zero-order valence-corrected chi connectivity index (χ0v) is 11.4. The molecule has 2 aromatic rings. The predicted molar refractivity (Wildman–Crippen MR) is 70.0 cm³/mol. The summed E-state index contributed by atoms with van der Waals surface area (Å²) in [6.07, 6.45) is -2.93. The molecule has 0 radical (unpaired) electrons. The van der Waals surface area contributed by atoms with Crippen LogP contribution in [0, 0.1) is 6.92 Å². The number of ether oxygens (including phenoxy) is 1. The molecule has 0 atom stereocenters. The molecule has 0 fully saturated rings. The largest absolute Gasteiger partial charge is 0.468 e. The van der Waals surface area contributed by atoms with E-state index in [2.05, 4.69) is 20.0 Å². The molecule has 0 saturated carbocycles. The van der Waals surface area contributed by atoms with E-state index < -0.39 is 12.8 Å². The lowest BCUT2D eigenvalue weighted by atomic mass is 10.3. The van der Waals surface area contributed by atoms with Gasteiger partial charge in [0.05, 0.1) is 29.6 Å². The lowest BCUT2D eigenvalue weighted by molar-refractivity contribution is -0.154. The van der Waals surface area contributed by atoms with Crippen LogP contribution in [0.2, 0.25) is 0 Å². The number of alkyl halides is 3. The Balaban J connectivity index is 1.87. The zero-order chi connectivity index (χ0) is 14.6. The van der Waals surface area contributed by atoms with E-state index in [0.717, 1.165) is 10.6 Å². The molecule has 108 valence electrons. The van der Waals surface area contributed by atoms with Crippen molar-refractivity contribution in [1.82, 2.24) is 9.97 Å². The van der Waals surface area contributed by atoms with Gasteiger partial charge < -0.3 is 10.1 Å². The van der Waals surface area contributed by atoms with Crippen LogP contribution in [-0.4, -0.2) is 22.8 Å². The van der Waals surface area contributed by atoms with E-state index in [1.54, 1.807) is 11.6 Å². The van der Waals surface area contributed by atoms with Crippen LogP contribution in [0.4, 0.5) is 18.9 Å². The molecule has 0 saturated heterocycles. The van der Waals surface area contributed by atoms with Gasteiger partial charge in [0, 0.05) is 10.9 Å². The van der Waals surface area contributed by atoms with Crippen molar-refractivity contribution in [2.24, 2.45) is 0 Å². The number of hydrogen-bond donors (Lipinski definition) is 1. The Labute approximate surface area is 117 Å². The summed E-state index contributed by atoms with van der Waals surface area (Å²) in [6, 6.07) is 3.02. The number of halogens is 3. The summed E-state index contributed by atoms with van der Waals surface area (Å²) in [5, 5.41) is 3.12. The first kappa shape index (κ1) is 14.6. The molecular weight excluding hydrogens is 291 g/mol. The normalized spacial score (nSPS) is 11.4. The van der Waals surface area contributed by atoms with Crippen molar-refractivity contribution in [1.29, 1.82) is 0 Å². The minimum atomic E-state index is -4.36. The minimum absolute atomic E-state index is 0.0538. The number of pyridine rings is 1. The first-order chi connectivity index (χ1) is 9.44. The summed E-state index contributed by atoms with van der Waals surface area (Å²) in [7, 11) is 0. The maximum atomic E-state index is 12.0. The Morgan fingerprint density at radius 1 is 1.30 bits per heavy atom. The number of aryl methyl sites for hydroxylation is 1. The third-order valence-corrected chi connectivity index (χ3v) is 3.35. The highest BCUT2D eigenvalue weighted by Gasteiger charge is 2.28. The van der Waals surface area contributed by atoms with Crippen LogP contribution in [0.1, 0.15) is 10.6 Å². The summed E-state index contributed by atoms with van der Waals surface area (Å²) in [6.45, 7) is 1.17. The van der Waals surface area contributed by atoms with Gasteiger partial charge in [-0.05, 0) is 13.0 Å². The van der Waals surface area contributed by atoms with Gasteiger partial charge in [-0.3, -0.25) is 0 Å². The third kappa shape index (κ3) is 4.37. The van der Waals surface area contributed by atoms with Gasteiger partial charge in [-0.15, -0.1) is 11.3 Å². The molecule has 0 aliphatic carbocycles. The van der Waals surface area contributed by atoms with E-state index in [1.807, 2.05) is 6.92 Å². The van der Waals surface area contributed by atoms with Gasteiger partial charge in [-0.1, -0.05) is 0 Å². The van der Waals surface area contributed by atoms with E-state index in [-0.39, 0.29) is 5.88 Å². The first-order valence-electron chi connectivity index (χ1n) is 5.72. The molecule has 2 aromatic heterocycles. The van der Waals surface area contributed by atoms with Crippen LogP contribution in [0.15, 0.2) is 23.8 Å². The van der Waals surface area contributed by atoms with E-state index >= 15 is 0 Å². The summed E-state index contributed by atoms with van der Waals surface area (Å²) in [5.74, 6) is -0.0538. The molecule has 8 heteroatoms. The highest BCUT2D eigenvalue weighted by atomic mass is 32.1. The van der Waals surface area contributed by atoms with Crippen molar-refractivity contribution in [3.05, 3.63) is 34.4 Å². The molecule has 0 aliphatic heterocycles. The third-order valence-electron chi connectivity index (χ3n) is 2.42. The van der Waals surface area contributed by atoms with Gasteiger partial charge in [0.15, 0.2) is 6.61 Å². The van der Waals surface area contributed by atoms with Crippen molar-refractivity contribution in [2.45, 2.75) is 19.6 Å².